The molecule has 1 rings (SSSR count). The molecule has 0 bridgehead atoms. The Morgan fingerprint density at radius 2 is 2.20 bits per heavy atom. The summed E-state index contributed by atoms with van der Waals surface area (Å²) >= 11 is 2.99. The number of halogens is 3. The maximum absolute atomic E-state index is 12.7. The van der Waals surface area contributed by atoms with Crippen LogP contribution in [0.1, 0.15) is 28.0 Å². The van der Waals surface area contributed by atoms with Gasteiger partial charge in [0.05, 0.1) is 22.7 Å². The van der Waals surface area contributed by atoms with Crippen LogP contribution >= 0.6 is 15.9 Å². The minimum Gasteiger partial charge on any atom is -0.465 e. The lowest BCUT2D eigenvalue weighted by Gasteiger charge is -2.10. The molecule has 0 aromatic carbocycles. The highest BCUT2D eigenvalue weighted by molar-refractivity contribution is 9.10. The molecule has 15 heavy (non-hydrogen) atoms. The van der Waals surface area contributed by atoms with Crippen LogP contribution in [0.5, 0.6) is 0 Å². The highest BCUT2D eigenvalue weighted by Crippen LogP contribution is 2.30. The molecule has 3 nitrogen and oxygen atoms in total. The summed E-state index contributed by atoms with van der Waals surface area (Å²) in [6.45, 7) is 1.42. The van der Waals surface area contributed by atoms with E-state index in [9.17, 15) is 13.6 Å². The largest absolute Gasteiger partial charge is 0.465 e. The molecule has 1 aromatic rings. The molecule has 0 atom stereocenters. The van der Waals surface area contributed by atoms with Gasteiger partial charge in [0.15, 0.2) is 0 Å². The monoisotopic (exact) mass is 279 g/mol. The number of nitrogens with zero attached hydrogens (tertiary/aromatic N) is 1. The third kappa shape index (κ3) is 2.31. The number of rotatable bonds is 2. The summed E-state index contributed by atoms with van der Waals surface area (Å²) in [6, 6.07) is 0. The average molecular weight is 280 g/mol. The molecule has 6 heteroatoms. The van der Waals surface area contributed by atoms with E-state index in [2.05, 4.69) is 25.7 Å². The molecule has 0 aliphatic carbocycles. The van der Waals surface area contributed by atoms with E-state index in [-0.39, 0.29) is 15.7 Å². The Bertz CT molecular complexity index is 396. The van der Waals surface area contributed by atoms with Crippen molar-refractivity contribution in [2.24, 2.45) is 0 Å². The molecule has 0 spiro atoms. The molecule has 0 fully saturated rings. The maximum atomic E-state index is 12.7. The summed E-state index contributed by atoms with van der Waals surface area (Å²) in [4.78, 5) is 15.0. The number of hydrogen-bond acceptors (Lipinski definition) is 3. The Labute approximate surface area is 93.6 Å². The lowest BCUT2D eigenvalue weighted by Crippen LogP contribution is -2.10. The third-order valence-electron chi connectivity index (χ3n) is 1.88. The van der Waals surface area contributed by atoms with E-state index in [4.69, 9.17) is 0 Å². The summed E-state index contributed by atoms with van der Waals surface area (Å²) in [7, 11) is 1.14. The second-order valence-corrected chi connectivity index (χ2v) is 3.63. The highest BCUT2D eigenvalue weighted by Gasteiger charge is 2.24. The van der Waals surface area contributed by atoms with E-state index in [1.807, 2.05) is 0 Å². The van der Waals surface area contributed by atoms with Gasteiger partial charge in [-0.15, -0.1) is 0 Å². The fourth-order valence-electron chi connectivity index (χ4n) is 1.17. The SMILES string of the molecule is COC(=O)c1c(Br)cnc(C)c1C(F)F. The number of pyridine rings is 1. The van der Waals surface area contributed by atoms with E-state index in [0.29, 0.717) is 0 Å². The first kappa shape index (κ1) is 12.0. The molecule has 82 valence electrons. The Kier molecular flexibility index (Phi) is 3.73. The molecule has 0 aliphatic rings. The van der Waals surface area contributed by atoms with Crippen LogP contribution in [0.15, 0.2) is 10.7 Å². The molecular formula is C9H8BrF2NO2. The van der Waals surface area contributed by atoms with Crippen molar-refractivity contribution in [3.8, 4) is 0 Å². The lowest BCUT2D eigenvalue weighted by molar-refractivity contribution is 0.0587. The molecule has 0 amide bonds. The van der Waals surface area contributed by atoms with Crippen molar-refractivity contribution in [1.82, 2.24) is 4.98 Å². The first-order valence-corrected chi connectivity index (χ1v) is 4.79. The standard InChI is InChI=1S/C9H8BrF2NO2/c1-4-6(8(11)12)7(9(14)15-2)5(10)3-13-4/h3,8H,1-2H3. The molecule has 0 N–H and O–H groups in total. The van der Waals surface area contributed by atoms with Gasteiger partial charge in [0.1, 0.15) is 0 Å². The summed E-state index contributed by atoms with van der Waals surface area (Å²) in [6.07, 6.45) is -1.46. The molecule has 1 heterocycles. The Morgan fingerprint density at radius 3 is 2.67 bits per heavy atom. The van der Waals surface area contributed by atoms with Gasteiger partial charge in [-0.05, 0) is 22.9 Å². The van der Waals surface area contributed by atoms with Crippen LogP contribution in [0.3, 0.4) is 0 Å². The molecule has 0 aliphatic heterocycles. The molecule has 0 unspecified atom stereocenters. The van der Waals surface area contributed by atoms with Crippen molar-refractivity contribution in [2.45, 2.75) is 13.3 Å². The normalized spacial score (nSPS) is 10.5. The van der Waals surface area contributed by atoms with Crippen LogP contribution in [0, 0.1) is 6.92 Å². The number of methoxy groups -OCH3 is 1. The van der Waals surface area contributed by atoms with Crippen LogP contribution in [-0.2, 0) is 4.74 Å². The molecule has 0 saturated heterocycles. The zero-order valence-electron chi connectivity index (χ0n) is 8.05. The fourth-order valence-corrected chi connectivity index (χ4v) is 1.65. The summed E-state index contributed by atoms with van der Waals surface area (Å²) in [5.41, 5.74) is -0.440. The third-order valence-corrected chi connectivity index (χ3v) is 2.48. The molecule has 0 radical (unpaired) electrons. The fraction of sp³-hybridized carbons (Fsp3) is 0.333. The lowest BCUT2D eigenvalue weighted by atomic mass is 10.1. The number of alkyl halides is 2. The predicted octanol–water partition coefficient (Wildman–Crippen LogP) is 2.88. The zero-order chi connectivity index (χ0) is 11.6. The Hall–Kier alpha value is -1.04. The number of ether oxygens (including phenoxy) is 1. The van der Waals surface area contributed by atoms with Gasteiger partial charge in [0.2, 0.25) is 0 Å². The Morgan fingerprint density at radius 1 is 1.60 bits per heavy atom. The summed E-state index contributed by atoms with van der Waals surface area (Å²) in [5.74, 6) is -0.803. The van der Waals surface area contributed by atoms with Crippen molar-refractivity contribution in [3.05, 3.63) is 27.5 Å². The minimum atomic E-state index is -2.76. The number of hydrogen-bond donors (Lipinski definition) is 0. The number of esters is 1. The van der Waals surface area contributed by atoms with Gasteiger partial charge in [-0.2, -0.15) is 0 Å². The van der Waals surface area contributed by atoms with Crippen LogP contribution in [0.25, 0.3) is 0 Å². The maximum Gasteiger partial charge on any atom is 0.339 e. The molecular weight excluding hydrogens is 272 g/mol. The first-order chi connectivity index (χ1) is 6.99. The van der Waals surface area contributed by atoms with Crippen LogP contribution < -0.4 is 0 Å². The van der Waals surface area contributed by atoms with Crippen molar-refractivity contribution in [2.75, 3.05) is 7.11 Å². The number of carbonyl (C=O) groups excluding carboxylic acids is 1. The van der Waals surface area contributed by atoms with E-state index in [1.165, 1.54) is 13.1 Å². The average Bonchev–Trinajstić information content (AvgIpc) is 2.19. The van der Waals surface area contributed by atoms with Gasteiger partial charge in [-0.25, -0.2) is 13.6 Å². The second-order valence-electron chi connectivity index (χ2n) is 2.77. The van der Waals surface area contributed by atoms with Gasteiger partial charge in [-0.3, -0.25) is 4.98 Å². The predicted molar refractivity (Wildman–Crippen MR) is 53.0 cm³/mol. The van der Waals surface area contributed by atoms with Crippen molar-refractivity contribution >= 4 is 21.9 Å². The zero-order valence-corrected chi connectivity index (χ0v) is 9.64. The second kappa shape index (κ2) is 4.65. The van der Waals surface area contributed by atoms with E-state index >= 15 is 0 Å². The van der Waals surface area contributed by atoms with Gasteiger partial charge < -0.3 is 4.74 Å². The van der Waals surface area contributed by atoms with Gasteiger partial charge in [0.25, 0.3) is 6.43 Å². The Balaban J connectivity index is 3.45. The minimum absolute atomic E-state index is 0.119. The highest BCUT2D eigenvalue weighted by atomic mass is 79.9. The van der Waals surface area contributed by atoms with E-state index in [0.717, 1.165) is 7.11 Å². The number of carbonyl (C=O) groups is 1. The van der Waals surface area contributed by atoms with Crippen LogP contribution in [0.2, 0.25) is 0 Å². The molecule has 1 aromatic heterocycles. The first-order valence-electron chi connectivity index (χ1n) is 4.00. The quantitative estimate of drug-likeness (QED) is 0.782. The van der Waals surface area contributed by atoms with Crippen molar-refractivity contribution in [3.63, 3.8) is 0 Å². The van der Waals surface area contributed by atoms with E-state index < -0.39 is 18.0 Å². The topological polar surface area (TPSA) is 39.2 Å². The smallest absolute Gasteiger partial charge is 0.339 e. The van der Waals surface area contributed by atoms with Crippen molar-refractivity contribution < 1.29 is 18.3 Å². The van der Waals surface area contributed by atoms with Gasteiger partial charge in [0, 0.05) is 11.9 Å². The van der Waals surface area contributed by atoms with Gasteiger partial charge >= 0.3 is 5.97 Å². The van der Waals surface area contributed by atoms with E-state index in [1.54, 1.807) is 0 Å². The van der Waals surface area contributed by atoms with Crippen LogP contribution in [0.4, 0.5) is 8.78 Å². The van der Waals surface area contributed by atoms with Crippen LogP contribution in [-0.4, -0.2) is 18.1 Å². The summed E-state index contributed by atoms with van der Waals surface area (Å²) < 4.78 is 30.0. The molecule has 0 saturated carbocycles. The summed E-state index contributed by atoms with van der Waals surface area (Å²) in [5, 5.41) is 0. The number of aryl methyl sites for hydroxylation is 1. The van der Waals surface area contributed by atoms with Gasteiger partial charge in [-0.1, -0.05) is 0 Å². The van der Waals surface area contributed by atoms with Crippen molar-refractivity contribution in [1.29, 1.82) is 0 Å². The number of aromatic nitrogens is 1.